The van der Waals surface area contributed by atoms with E-state index in [2.05, 4.69) is 67.5 Å². The molecule has 80 heavy (non-hydrogen) atoms. The molecule has 0 radical (unpaired) electrons. The highest BCUT2D eigenvalue weighted by Gasteiger charge is 2.42. The molecule has 0 aromatic heterocycles. The van der Waals surface area contributed by atoms with Crippen LogP contribution in [0, 0.1) is 5.92 Å². The van der Waals surface area contributed by atoms with Crippen LogP contribution in [-0.4, -0.2) is 170 Å². The molecule has 2 saturated heterocycles. The number of nitrogens with zero attached hydrogens (tertiary/aromatic N) is 5. The number of primary amides is 1. The smallest absolute Gasteiger partial charge is 0.315 e. The lowest BCUT2D eigenvalue weighted by Gasteiger charge is -2.25. The van der Waals surface area contributed by atoms with Crippen molar-refractivity contribution in [3.63, 3.8) is 0 Å². The average molecular weight is 1150 g/mol. The van der Waals surface area contributed by atoms with Gasteiger partial charge in [-0.05, 0) is 103 Å². The summed E-state index contributed by atoms with van der Waals surface area (Å²) < 4.78 is 0. The maximum Gasteiger partial charge on any atom is 0.315 e. The Morgan fingerprint density at radius 2 is 0.938 bits per heavy atom. The van der Waals surface area contributed by atoms with Crippen LogP contribution < -0.4 is 99.9 Å². The standard InChI is InChI=1S/C48H91N23O8S/c1-27(12-7-22-61-44(51)52)39(74)67-32(16-8-21-59-28(2)49)43(78)68-30(14-9-23-62-45(53)54)40(75)60-20-6-5-13-29(38(50)73)66-42(77)33(17-11-25-64-47(57)58)69-41(76)31(15-10-24-63-46(55)56)65-36(72)19-4-3-18-35-37-34(26-80-35)70-48(79)71-37/h27,29-35,37H,3-26H2,1-2H3,(H2,49,59)(H2,50,73)(H,60,75)(H,65,72)(H,66,77)(H,67,74)(H,68,78)(H,69,76)(H4,51,52,61)(H4,53,54,62)(H4,55,56,63)(H4,57,58,64)(H2,70,71,79)/t27-,29-,30-,31-,32-,33-,34-,35-,37-/m0/s1. The van der Waals surface area contributed by atoms with Crippen LogP contribution in [0.5, 0.6) is 0 Å². The Labute approximate surface area is 472 Å². The lowest BCUT2D eigenvalue weighted by atomic mass is 10.0. The number of aliphatic imine (C=N–C) groups is 5. The maximum atomic E-state index is 14.0. The first kappa shape index (κ1) is 68.6. The van der Waals surface area contributed by atoms with E-state index >= 15 is 0 Å². The van der Waals surface area contributed by atoms with E-state index in [1.54, 1.807) is 25.6 Å². The van der Waals surface area contributed by atoms with E-state index in [9.17, 15) is 38.4 Å². The van der Waals surface area contributed by atoms with Crippen molar-refractivity contribution in [2.75, 3.05) is 45.0 Å². The third kappa shape index (κ3) is 29.4. The van der Waals surface area contributed by atoms with Crippen LogP contribution in [0.25, 0.3) is 0 Å². The number of amides is 9. The van der Waals surface area contributed by atoms with E-state index < -0.39 is 65.7 Å². The van der Waals surface area contributed by atoms with Gasteiger partial charge in [0.15, 0.2) is 23.8 Å². The first-order valence-electron chi connectivity index (χ1n) is 27.2. The first-order valence-corrected chi connectivity index (χ1v) is 28.3. The first-order chi connectivity index (χ1) is 38.0. The summed E-state index contributed by atoms with van der Waals surface area (Å²) in [5, 5.41) is 22.6. The van der Waals surface area contributed by atoms with Crippen LogP contribution in [-0.2, 0) is 33.6 Å². The summed E-state index contributed by atoms with van der Waals surface area (Å²) in [5.74, 6) is -4.02. The molecule has 2 rings (SSSR count). The fourth-order valence-electron chi connectivity index (χ4n) is 8.64. The van der Waals surface area contributed by atoms with Gasteiger partial charge in [-0.1, -0.05) is 13.3 Å². The lowest BCUT2D eigenvalue weighted by Crippen LogP contribution is -2.56. The largest absolute Gasteiger partial charge is 0.388 e. The molecule has 28 N–H and O–H groups in total. The van der Waals surface area contributed by atoms with Crippen molar-refractivity contribution in [3.05, 3.63) is 0 Å². The molecule has 0 unspecified atom stereocenters. The number of thioether (sulfide) groups is 1. The second-order valence-corrected chi connectivity index (χ2v) is 21.1. The molecule has 2 heterocycles. The van der Waals surface area contributed by atoms with Crippen LogP contribution in [0.1, 0.15) is 123 Å². The highest BCUT2D eigenvalue weighted by Crippen LogP contribution is 2.33. The Bertz CT molecular complexity index is 2160. The van der Waals surface area contributed by atoms with Crippen LogP contribution in [0.4, 0.5) is 4.79 Å². The number of carbonyl (C=O) groups excluding carboxylic acids is 8. The van der Waals surface area contributed by atoms with E-state index in [4.69, 9.17) is 57.3 Å². The van der Waals surface area contributed by atoms with Gasteiger partial charge in [0.05, 0.1) is 17.9 Å². The molecule has 0 bridgehead atoms. The van der Waals surface area contributed by atoms with Gasteiger partial charge in [0.1, 0.15) is 30.2 Å². The minimum Gasteiger partial charge on any atom is -0.388 e. The molecule has 0 aromatic rings. The van der Waals surface area contributed by atoms with Gasteiger partial charge >= 0.3 is 6.03 Å². The maximum absolute atomic E-state index is 14.0. The Morgan fingerprint density at radius 3 is 1.41 bits per heavy atom. The van der Waals surface area contributed by atoms with Crippen LogP contribution in [0.2, 0.25) is 0 Å². The zero-order valence-corrected chi connectivity index (χ0v) is 47.2. The molecule has 452 valence electrons. The molecule has 0 aliphatic carbocycles. The predicted molar refractivity (Wildman–Crippen MR) is 310 cm³/mol. The third-order valence-corrected chi connectivity index (χ3v) is 14.4. The van der Waals surface area contributed by atoms with Crippen molar-refractivity contribution in [1.82, 2.24) is 42.5 Å². The van der Waals surface area contributed by atoms with Crippen molar-refractivity contribution in [2.45, 2.75) is 171 Å². The summed E-state index contributed by atoms with van der Waals surface area (Å²) in [6.45, 7) is 4.50. The molecule has 2 aliphatic heterocycles. The number of hydrogen-bond donors (Lipinski definition) is 18. The quantitative estimate of drug-likeness (QED) is 0.0118. The van der Waals surface area contributed by atoms with Gasteiger partial charge in [0.25, 0.3) is 0 Å². The SMILES string of the molecule is CC(N)=NCCC[C@H](NC(=O)[C@@H](C)CCCN=C(N)N)C(=O)N[C@@H](CCCN=C(N)N)C(=O)NCCCC[C@H](NC(=O)[C@H](CCCN=C(N)N)NC(=O)[C@H](CCCN=C(N)N)NC(=O)CCCC[C@@H]1SC[C@@H]2NC(=O)N[C@@H]21)C(N)=O. The minimum atomic E-state index is -1.23. The number of nitrogens with one attached hydrogen (secondary N) is 8. The van der Waals surface area contributed by atoms with Gasteiger partial charge in [-0.2, -0.15) is 11.8 Å². The summed E-state index contributed by atoms with van der Waals surface area (Å²) in [5.41, 5.74) is 55.3. The normalized spacial score (nSPS) is 17.6. The number of carbonyl (C=O) groups is 8. The van der Waals surface area contributed by atoms with Crippen molar-refractivity contribution < 1.29 is 38.4 Å². The van der Waals surface area contributed by atoms with E-state index in [1.807, 2.05) is 0 Å². The molecule has 32 heteroatoms. The summed E-state index contributed by atoms with van der Waals surface area (Å²) in [6, 6.07) is -5.68. The van der Waals surface area contributed by atoms with Gasteiger partial charge in [0.2, 0.25) is 41.4 Å². The summed E-state index contributed by atoms with van der Waals surface area (Å²) in [4.78, 5) is 127. The van der Waals surface area contributed by atoms with Crippen molar-refractivity contribution in [1.29, 1.82) is 0 Å². The molecular weight excluding hydrogens is 1060 g/mol. The number of nitrogens with two attached hydrogens (primary N) is 10. The third-order valence-electron chi connectivity index (χ3n) is 12.9. The molecule has 2 aliphatic rings. The molecule has 9 atom stereocenters. The molecule has 0 saturated carbocycles. The molecule has 9 amide bonds. The highest BCUT2D eigenvalue weighted by atomic mass is 32.2. The van der Waals surface area contributed by atoms with Gasteiger partial charge < -0.3 is 99.9 Å². The van der Waals surface area contributed by atoms with E-state index in [1.165, 1.54) is 0 Å². The summed E-state index contributed by atoms with van der Waals surface area (Å²) >= 11 is 1.77. The van der Waals surface area contributed by atoms with Crippen LogP contribution in [0.3, 0.4) is 0 Å². The molecular formula is C48H91N23O8S. The number of amidine groups is 1. The fraction of sp³-hybridized carbons (Fsp3) is 0.729. The van der Waals surface area contributed by atoms with E-state index in [0.29, 0.717) is 70.3 Å². The Kier molecular flexibility index (Phi) is 32.7. The monoisotopic (exact) mass is 1150 g/mol. The number of hydrogen-bond acceptors (Lipinski definition) is 14. The van der Waals surface area contributed by atoms with E-state index in [-0.39, 0.29) is 137 Å². The number of guanidine groups is 4. The molecule has 2 fully saturated rings. The number of fused-ring (bicyclic) bond motifs is 1. The van der Waals surface area contributed by atoms with Gasteiger partial charge in [-0.3, -0.25) is 58.5 Å². The highest BCUT2D eigenvalue weighted by molar-refractivity contribution is 8.00. The fourth-order valence-corrected chi connectivity index (χ4v) is 10.2. The Hall–Kier alpha value is -7.54. The second-order valence-electron chi connectivity index (χ2n) is 19.8. The van der Waals surface area contributed by atoms with Crippen molar-refractivity contribution >= 4 is 88.8 Å². The topological polar surface area (TPSA) is 555 Å². The summed E-state index contributed by atoms with van der Waals surface area (Å²) in [6.07, 6.45) is 5.42. The summed E-state index contributed by atoms with van der Waals surface area (Å²) in [7, 11) is 0. The van der Waals surface area contributed by atoms with Crippen molar-refractivity contribution in [2.24, 2.45) is 88.2 Å². The predicted octanol–water partition coefficient (Wildman–Crippen LogP) is -5.08. The molecule has 0 spiro atoms. The van der Waals surface area contributed by atoms with E-state index in [0.717, 1.165) is 12.2 Å². The molecule has 0 aromatic carbocycles. The zero-order valence-electron chi connectivity index (χ0n) is 46.4. The Balaban J connectivity index is 2.13. The van der Waals surface area contributed by atoms with Crippen LogP contribution in [0.15, 0.2) is 25.0 Å². The van der Waals surface area contributed by atoms with Gasteiger partial charge in [0, 0.05) is 62.6 Å². The molecule has 31 nitrogen and oxygen atoms in total. The van der Waals surface area contributed by atoms with Gasteiger partial charge in [-0.25, -0.2) is 4.79 Å². The van der Waals surface area contributed by atoms with Crippen LogP contribution >= 0.6 is 11.8 Å². The van der Waals surface area contributed by atoms with Gasteiger partial charge in [-0.15, -0.1) is 0 Å². The average Bonchev–Trinajstić information content (AvgIpc) is 3.95. The second kappa shape index (κ2) is 38.1. The number of rotatable bonds is 41. The Morgan fingerprint density at radius 1 is 0.512 bits per heavy atom. The number of unbranched alkanes of at least 4 members (excludes halogenated alkanes) is 2. The lowest BCUT2D eigenvalue weighted by molar-refractivity contribution is -0.133. The van der Waals surface area contributed by atoms with Crippen molar-refractivity contribution in [3.8, 4) is 0 Å². The number of urea groups is 1. The zero-order chi connectivity index (χ0) is 59.6. The minimum absolute atomic E-state index is 0.0256.